The van der Waals surface area contributed by atoms with E-state index < -0.39 is 0 Å². The molecule has 0 aliphatic heterocycles. The van der Waals surface area contributed by atoms with Gasteiger partial charge < -0.3 is 15.5 Å². The fourth-order valence-electron chi connectivity index (χ4n) is 2.99. The van der Waals surface area contributed by atoms with E-state index in [1.165, 1.54) is 25.7 Å². The molecule has 2 aliphatic rings. The van der Waals surface area contributed by atoms with Crippen molar-refractivity contribution in [2.75, 3.05) is 17.6 Å². The molecule has 19 heavy (non-hydrogen) atoms. The van der Waals surface area contributed by atoms with Gasteiger partial charge in [0.25, 0.3) is 6.01 Å². The van der Waals surface area contributed by atoms with E-state index in [1.807, 2.05) is 18.2 Å². The molecule has 4 rings (SSSR count). The van der Waals surface area contributed by atoms with Crippen molar-refractivity contribution in [1.82, 2.24) is 4.98 Å². The second-order valence-corrected chi connectivity index (χ2v) is 5.97. The fraction of sp³-hybridized carbons (Fsp3) is 0.533. The number of fused-ring (bicyclic) bond motifs is 1. The van der Waals surface area contributed by atoms with Gasteiger partial charge in [0.1, 0.15) is 5.52 Å². The Morgan fingerprint density at radius 2 is 2.00 bits per heavy atom. The maximum atomic E-state index is 5.75. The molecule has 0 atom stereocenters. The third kappa shape index (κ3) is 2.27. The van der Waals surface area contributed by atoms with Crippen molar-refractivity contribution in [1.29, 1.82) is 0 Å². The molecule has 3 N–H and O–H groups in total. The van der Waals surface area contributed by atoms with Crippen molar-refractivity contribution in [3.63, 3.8) is 0 Å². The average Bonchev–Trinajstić information content (AvgIpc) is 3.28. The highest BCUT2D eigenvalue weighted by atomic mass is 16.4. The zero-order valence-corrected chi connectivity index (χ0v) is 10.9. The van der Waals surface area contributed by atoms with Gasteiger partial charge in [0.05, 0.1) is 0 Å². The van der Waals surface area contributed by atoms with E-state index in [9.17, 15) is 0 Å². The molecule has 2 saturated carbocycles. The van der Waals surface area contributed by atoms with Crippen LogP contribution in [0.3, 0.4) is 0 Å². The number of nitrogens with zero attached hydrogens (tertiary/aromatic N) is 1. The smallest absolute Gasteiger partial charge is 0.295 e. The number of aromatic nitrogens is 1. The largest absolute Gasteiger partial charge is 0.424 e. The van der Waals surface area contributed by atoms with Crippen LogP contribution >= 0.6 is 0 Å². The number of oxazole rings is 1. The first-order valence-electron chi connectivity index (χ1n) is 7.19. The highest BCUT2D eigenvalue weighted by molar-refractivity contribution is 5.78. The van der Waals surface area contributed by atoms with Gasteiger partial charge in [-0.2, -0.15) is 4.98 Å². The molecule has 0 radical (unpaired) electrons. The van der Waals surface area contributed by atoms with Crippen LogP contribution in [0.2, 0.25) is 0 Å². The molecule has 0 spiro atoms. The van der Waals surface area contributed by atoms with E-state index in [1.54, 1.807) is 0 Å². The Morgan fingerprint density at radius 3 is 2.68 bits per heavy atom. The van der Waals surface area contributed by atoms with Crippen LogP contribution in [-0.4, -0.2) is 11.5 Å². The standard InChI is InChI=1S/C15H19N3O/c16-11-5-6-14-13(7-11)18-15(19-14)17-8-12(9-1-2-9)10-3-4-10/h5-7,9-10,12H,1-4,8,16H2,(H,17,18). The number of rotatable bonds is 5. The van der Waals surface area contributed by atoms with Crippen molar-refractivity contribution in [3.8, 4) is 0 Å². The van der Waals surface area contributed by atoms with Crippen LogP contribution < -0.4 is 11.1 Å². The molecule has 2 aromatic rings. The molecule has 100 valence electrons. The van der Waals surface area contributed by atoms with Crippen LogP contribution in [0.4, 0.5) is 11.7 Å². The molecule has 2 fully saturated rings. The predicted molar refractivity (Wildman–Crippen MR) is 75.8 cm³/mol. The Hall–Kier alpha value is -1.71. The summed E-state index contributed by atoms with van der Waals surface area (Å²) in [6.07, 6.45) is 5.64. The molecule has 1 aromatic carbocycles. The van der Waals surface area contributed by atoms with Gasteiger partial charge in [-0.15, -0.1) is 0 Å². The van der Waals surface area contributed by atoms with E-state index in [2.05, 4.69) is 10.3 Å². The number of nitrogens with two attached hydrogens (primary N) is 1. The van der Waals surface area contributed by atoms with Gasteiger partial charge >= 0.3 is 0 Å². The quantitative estimate of drug-likeness (QED) is 0.807. The van der Waals surface area contributed by atoms with Crippen LogP contribution in [0.25, 0.3) is 11.1 Å². The third-order valence-electron chi connectivity index (χ3n) is 4.36. The van der Waals surface area contributed by atoms with Crippen LogP contribution in [0.15, 0.2) is 22.6 Å². The zero-order valence-electron chi connectivity index (χ0n) is 10.9. The number of nitrogens with one attached hydrogen (secondary N) is 1. The van der Waals surface area contributed by atoms with E-state index >= 15 is 0 Å². The molecule has 0 saturated heterocycles. The molecular formula is C15H19N3O. The summed E-state index contributed by atoms with van der Waals surface area (Å²) < 4.78 is 5.70. The maximum Gasteiger partial charge on any atom is 0.295 e. The Morgan fingerprint density at radius 1 is 1.26 bits per heavy atom. The van der Waals surface area contributed by atoms with Crippen LogP contribution in [0.5, 0.6) is 0 Å². The van der Waals surface area contributed by atoms with Gasteiger partial charge in [-0.05, 0) is 61.6 Å². The molecule has 4 heteroatoms. The lowest BCUT2D eigenvalue weighted by Gasteiger charge is -2.14. The molecular weight excluding hydrogens is 238 g/mol. The van der Waals surface area contributed by atoms with E-state index in [4.69, 9.17) is 10.2 Å². The van der Waals surface area contributed by atoms with Crippen molar-refractivity contribution >= 4 is 22.8 Å². The zero-order chi connectivity index (χ0) is 12.8. The summed E-state index contributed by atoms with van der Waals surface area (Å²) in [4.78, 5) is 4.45. The minimum atomic E-state index is 0.631. The Bertz CT molecular complexity index is 586. The lowest BCUT2D eigenvalue weighted by Crippen LogP contribution is -2.18. The molecule has 1 aromatic heterocycles. The molecule has 0 bridgehead atoms. The number of anilines is 2. The van der Waals surface area contributed by atoms with E-state index in [-0.39, 0.29) is 0 Å². The third-order valence-corrected chi connectivity index (χ3v) is 4.36. The predicted octanol–water partition coefficient (Wildman–Crippen LogP) is 3.26. The lowest BCUT2D eigenvalue weighted by atomic mass is 9.98. The minimum absolute atomic E-state index is 0.631. The normalized spacial score (nSPS) is 19.2. The number of hydrogen-bond acceptors (Lipinski definition) is 4. The van der Waals surface area contributed by atoms with Crippen LogP contribution in [-0.2, 0) is 0 Å². The summed E-state index contributed by atoms with van der Waals surface area (Å²) in [5, 5.41) is 3.38. The molecule has 2 aliphatic carbocycles. The summed E-state index contributed by atoms with van der Waals surface area (Å²) in [5.41, 5.74) is 8.10. The summed E-state index contributed by atoms with van der Waals surface area (Å²) in [6, 6.07) is 6.20. The molecule has 4 nitrogen and oxygen atoms in total. The average molecular weight is 257 g/mol. The summed E-state index contributed by atoms with van der Waals surface area (Å²) in [7, 11) is 0. The second kappa shape index (κ2) is 4.15. The maximum absolute atomic E-state index is 5.75. The van der Waals surface area contributed by atoms with E-state index in [0.29, 0.717) is 6.01 Å². The fourth-order valence-corrected chi connectivity index (χ4v) is 2.99. The molecule has 1 heterocycles. The minimum Gasteiger partial charge on any atom is -0.424 e. The van der Waals surface area contributed by atoms with Gasteiger partial charge in [0, 0.05) is 12.2 Å². The number of nitrogen functional groups attached to an aromatic ring is 1. The van der Waals surface area contributed by atoms with Crippen molar-refractivity contribution in [2.45, 2.75) is 25.7 Å². The van der Waals surface area contributed by atoms with E-state index in [0.717, 1.165) is 41.1 Å². The topological polar surface area (TPSA) is 64.1 Å². The Balaban J connectivity index is 1.48. The van der Waals surface area contributed by atoms with Gasteiger partial charge in [-0.1, -0.05) is 0 Å². The second-order valence-electron chi connectivity index (χ2n) is 5.97. The van der Waals surface area contributed by atoms with Crippen molar-refractivity contribution in [3.05, 3.63) is 18.2 Å². The van der Waals surface area contributed by atoms with Crippen molar-refractivity contribution in [2.24, 2.45) is 17.8 Å². The molecule has 0 amide bonds. The Labute approximate surface area is 112 Å². The first kappa shape index (κ1) is 11.1. The number of benzene rings is 1. The van der Waals surface area contributed by atoms with Crippen LogP contribution in [0.1, 0.15) is 25.7 Å². The van der Waals surface area contributed by atoms with Gasteiger partial charge in [-0.3, -0.25) is 0 Å². The van der Waals surface area contributed by atoms with Gasteiger partial charge in [0.15, 0.2) is 5.58 Å². The van der Waals surface area contributed by atoms with Crippen LogP contribution in [0, 0.1) is 17.8 Å². The SMILES string of the molecule is Nc1ccc2oc(NCC(C3CC3)C3CC3)nc2c1. The highest BCUT2D eigenvalue weighted by Gasteiger charge is 2.41. The molecule has 0 unspecified atom stereocenters. The van der Waals surface area contributed by atoms with Gasteiger partial charge in [-0.25, -0.2) is 0 Å². The highest BCUT2D eigenvalue weighted by Crippen LogP contribution is 2.49. The summed E-state index contributed by atoms with van der Waals surface area (Å²) >= 11 is 0. The summed E-state index contributed by atoms with van der Waals surface area (Å²) in [5.74, 6) is 2.71. The van der Waals surface area contributed by atoms with Gasteiger partial charge in [0.2, 0.25) is 0 Å². The number of hydrogen-bond donors (Lipinski definition) is 2. The van der Waals surface area contributed by atoms with Crippen molar-refractivity contribution < 1.29 is 4.42 Å². The lowest BCUT2D eigenvalue weighted by molar-refractivity contribution is 0.423. The first-order valence-corrected chi connectivity index (χ1v) is 7.19. The summed E-state index contributed by atoms with van der Waals surface area (Å²) in [6.45, 7) is 0.998. The monoisotopic (exact) mass is 257 g/mol. The first-order chi connectivity index (χ1) is 9.29. The Kier molecular flexibility index (Phi) is 2.43.